The number of phenolic OH excluding ortho intramolecular Hbond substituents is 1. The van der Waals surface area contributed by atoms with E-state index in [1.54, 1.807) is 42.7 Å². The molecule has 5 heteroatoms. The molecule has 1 amide bonds. The minimum absolute atomic E-state index is 0.194. The maximum absolute atomic E-state index is 11.8. The molecular weight excluding hydrogens is 244 g/mol. The zero-order valence-electron chi connectivity index (χ0n) is 10.4. The summed E-state index contributed by atoms with van der Waals surface area (Å²) in [6, 6.07) is 9.55. The van der Waals surface area contributed by atoms with E-state index in [4.69, 9.17) is 15.3 Å². The van der Waals surface area contributed by atoms with Crippen LogP contribution >= 0.6 is 0 Å². The molecular formula is C14H16N2O3. The van der Waals surface area contributed by atoms with Gasteiger partial charge >= 0.3 is 0 Å². The Labute approximate surface area is 111 Å². The second-order valence-electron chi connectivity index (χ2n) is 4.27. The number of carbonyl (C=O) groups excluding carboxylic acids is 1. The Kier molecular flexibility index (Phi) is 4.20. The molecule has 2 aromatic rings. The molecule has 1 unspecified atom stereocenters. The number of carbonyl (C=O) groups is 1. The van der Waals surface area contributed by atoms with Gasteiger partial charge in [-0.15, -0.1) is 0 Å². The van der Waals surface area contributed by atoms with Crippen LogP contribution in [0, 0.1) is 0 Å². The highest BCUT2D eigenvalue weighted by Crippen LogP contribution is 2.11. The molecule has 100 valence electrons. The van der Waals surface area contributed by atoms with Crippen molar-refractivity contribution >= 4 is 5.91 Å². The van der Waals surface area contributed by atoms with Crippen molar-refractivity contribution in [3.05, 3.63) is 54.0 Å². The molecule has 1 aromatic heterocycles. The van der Waals surface area contributed by atoms with Crippen LogP contribution in [0.2, 0.25) is 0 Å². The van der Waals surface area contributed by atoms with Gasteiger partial charge in [0, 0.05) is 0 Å². The lowest BCUT2D eigenvalue weighted by Crippen LogP contribution is -2.41. The summed E-state index contributed by atoms with van der Waals surface area (Å²) in [6.07, 6.45) is 1.97. The molecule has 19 heavy (non-hydrogen) atoms. The second kappa shape index (κ2) is 6.06. The van der Waals surface area contributed by atoms with Gasteiger partial charge < -0.3 is 20.6 Å². The largest absolute Gasteiger partial charge is 0.508 e. The average molecular weight is 260 g/mol. The summed E-state index contributed by atoms with van der Waals surface area (Å²) in [4.78, 5) is 11.8. The Morgan fingerprint density at radius 1 is 1.32 bits per heavy atom. The number of nitrogens with two attached hydrogens (primary N) is 1. The highest BCUT2D eigenvalue weighted by Gasteiger charge is 2.14. The van der Waals surface area contributed by atoms with E-state index in [2.05, 4.69) is 5.32 Å². The molecule has 0 fully saturated rings. The Balaban J connectivity index is 1.83. The van der Waals surface area contributed by atoms with Gasteiger partial charge in [-0.1, -0.05) is 12.1 Å². The highest BCUT2D eigenvalue weighted by atomic mass is 16.3. The first-order chi connectivity index (χ1) is 9.15. The molecule has 0 aliphatic rings. The lowest BCUT2D eigenvalue weighted by molar-refractivity contribution is -0.122. The molecule has 0 aliphatic heterocycles. The van der Waals surface area contributed by atoms with Crippen molar-refractivity contribution in [2.45, 2.75) is 19.0 Å². The van der Waals surface area contributed by atoms with Gasteiger partial charge in [0.15, 0.2) is 0 Å². The van der Waals surface area contributed by atoms with Crippen LogP contribution in [0.1, 0.15) is 11.3 Å². The number of benzene rings is 1. The molecule has 0 saturated heterocycles. The van der Waals surface area contributed by atoms with Crippen LogP contribution in [0.3, 0.4) is 0 Å². The quantitative estimate of drug-likeness (QED) is 0.753. The molecule has 2 rings (SSSR count). The van der Waals surface area contributed by atoms with Gasteiger partial charge in [0.25, 0.3) is 0 Å². The van der Waals surface area contributed by atoms with Crippen molar-refractivity contribution in [1.29, 1.82) is 0 Å². The molecule has 0 radical (unpaired) electrons. The first-order valence-electron chi connectivity index (χ1n) is 5.99. The van der Waals surface area contributed by atoms with Crippen molar-refractivity contribution in [1.82, 2.24) is 5.32 Å². The molecule has 0 saturated carbocycles. The van der Waals surface area contributed by atoms with E-state index in [0.29, 0.717) is 18.7 Å². The third kappa shape index (κ3) is 3.86. The summed E-state index contributed by atoms with van der Waals surface area (Å²) in [5.41, 5.74) is 6.72. The van der Waals surface area contributed by atoms with Crippen molar-refractivity contribution in [3.8, 4) is 5.75 Å². The van der Waals surface area contributed by atoms with Crippen molar-refractivity contribution in [2.75, 3.05) is 0 Å². The Morgan fingerprint density at radius 2 is 2.05 bits per heavy atom. The Morgan fingerprint density at radius 3 is 2.68 bits per heavy atom. The number of amides is 1. The van der Waals surface area contributed by atoms with Crippen LogP contribution in [0.25, 0.3) is 0 Å². The van der Waals surface area contributed by atoms with E-state index in [9.17, 15) is 4.79 Å². The standard InChI is InChI=1S/C14H16N2O3/c15-13(8-10-3-5-11(17)6-4-10)14(18)16-9-12-2-1-7-19-12/h1-7,13,17H,8-9,15H2,(H,16,18). The summed E-state index contributed by atoms with van der Waals surface area (Å²) in [7, 11) is 0. The maximum atomic E-state index is 11.8. The number of furan rings is 1. The molecule has 0 bridgehead atoms. The number of rotatable bonds is 5. The zero-order valence-corrected chi connectivity index (χ0v) is 10.4. The predicted octanol–water partition coefficient (Wildman–Crippen LogP) is 1.17. The van der Waals surface area contributed by atoms with Crippen LogP contribution in [-0.4, -0.2) is 17.1 Å². The normalized spacial score (nSPS) is 12.1. The number of phenols is 1. The smallest absolute Gasteiger partial charge is 0.237 e. The molecule has 1 heterocycles. The minimum Gasteiger partial charge on any atom is -0.508 e. The Bertz CT molecular complexity index is 520. The number of aromatic hydroxyl groups is 1. The summed E-state index contributed by atoms with van der Waals surface area (Å²) in [5, 5.41) is 11.9. The molecule has 1 aromatic carbocycles. The van der Waals surface area contributed by atoms with Gasteiger partial charge in [0.1, 0.15) is 11.5 Å². The van der Waals surface area contributed by atoms with E-state index in [0.717, 1.165) is 5.56 Å². The fraction of sp³-hybridized carbons (Fsp3) is 0.214. The summed E-state index contributed by atoms with van der Waals surface area (Å²) in [6.45, 7) is 0.328. The van der Waals surface area contributed by atoms with Crippen LogP contribution in [-0.2, 0) is 17.8 Å². The number of hydrogen-bond acceptors (Lipinski definition) is 4. The topological polar surface area (TPSA) is 88.5 Å². The molecule has 0 spiro atoms. The van der Waals surface area contributed by atoms with Gasteiger partial charge in [-0.25, -0.2) is 0 Å². The van der Waals surface area contributed by atoms with Gasteiger partial charge in [0.05, 0.1) is 18.8 Å². The molecule has 0 aliphatic carbocycles. The van der Waals surface area contributed by atoms with E-state index in [-0.39, 0.29) is 11.7 Å². The third-order valence-electron chi connectivity index (χ3n) is 2.75. The van der Waals surface area contributed by atoms with Gasteiger partial charge in [-0.3, -0.25) is 4.79 Å². The van der Waals surface area contributed by atoms with Crippen LogP contribution < -0.4 is 11.1 Å². The van der Waals surface area contributed by atoms with E-state index in [1.807, 2.05) is 0 Å². The predicted molar refractivity (Wildman–Crippen MR) is 70.3 cm³/mol. The number of nitrogens with one attached hydrogen (secondary N) is 1. The summed E-state index contributed by atoms with van der Waals surface area (Å²) >= 11 is 0. The van der Waals surface area contributed by atoms with E-state index < -0.39 is 6.04 Å². The van der Waals surface area contributed by atoms with Gasteiger partial charge in [-0.05, 0) is 36.2 Å². The van der Waals surface area contributed by atoms with Gasteiger partial charge in [0.2, 0.25) is 5.91 Å². The Hall–Kier alpha value is -2.27. The lowest BCUT2D eigenvalue weighted by atomic mass is 10.1. The lowest BCUT2D eigenvalue weighted by Gasteiger charge is -2.11. The zero-order chi connectivity index (χ0) is 13.7. The third-order valence-corrected chi connectivity index (χ3v) is 2.75. The summed E-state index contributed by atoms with van der Waals surface area (Å²) in [5.74, 6) is 0.647. The van der Waals surface area contributed by atoms with Crippen molar-refractivity contribution in [2.24, 2.45) is 5.73 Å². The minimum atomic E-state index is -0.625. The highest BCUT2D eigenvalue weighted by molar-refractivity contribution is 5.81. The van der Waals surface area contributed by atoms with Gasteiger partial charge in [-0.2, -0.15) is 0 Å². The monoisotopic (exact) mass is 260 g/mol. The fourth-order valence-electron chi connectivity index (χ4n) is 1.70. The molecule has 1 atom stereocenters. The fourth-order valence-corrected chi connectivity index (χ4v) is 1.70. The van der Waals surface area contributed by atoms with E-state index >= 15 is 0 Å². The average Bonchev–Trinajstić information content (AvgIpc) is 2.91. The molecule has 4 N–H and O–H groups in total. The number of hydrogen-bond donors (Lipinski definition) is 3. The summed E-state index contributed by atoms with van der Waals surface area (Å²) < 4.78 is 5.11. The molecule has 5 nitrogen and oxygen atoms in total. The van der Waals surface area contributed by atoms with Crippen molar-refractivity contribution < 1.29 is 14.3 Å². The van der Waals surface area contributed by atoms with Crippen LogP contribution in [0.5, 0.6) is 5.75 Å². The van der Waals surface area contributed by atoms with Crippen LogP contribution in [0.4, 0.5) is 0 Å². The van der Waals surface area contributed by atoms with E-state index in [1.165, 1.54) is 0 Å². The second-order valence-corrected chi connectivity index (χ2v) is 4.27. The van der Waals surface area contributed by atoms with Crippen molar-refractivity contribution in [3.63, 3.8) is 0 Å². The maximum Gasteiger partial charge on any atom is 0.237 e. The van der Waals surface area contributed by atoms with Crippen LogP contribution in [0.15, 0.2) is 47.1 Å². The SMILES string of the molecule is NC(Cc1ccc(O)cc1)C(=O)NCc1ccco1. The first-order valence-corrected chi connectivity index (χ1v) is 5.99. The first kappa shape index (κ1) is 13.2.